The monoisotopic (exact) mass is 309 g/mol. The summed E-state index contributed by atoms with van der Waals surface area (Å²) in [7, 11) is 0. The minimum Gasteiger partial charge on any atom is -0.354 e. The first-order valence-electron chi connectivity index (χ1n) is 6.66. The summed E-state index contributed by atoms with van der Waals surface area (Å²) in [6.07, 6.45) is 1.65. The fourth-order valence-corrected chi connectivity index (χ4v) is 1.98. The summed E-state index contributed by atoms with van der Waals surface area (Å²) in [5.41, 5.74) is 6.24. The molecule has 1 aromatic carbocycles. The molecule has 0 saturated carbocycles. The molecule has 5 nitrogen and oxygen atoms in total. The standard InChI is InChI=1S/C15H19N3O2.ClH/c1-11(8-16)9-17-15(20)10-18-7-6-14(19)12-4-2-3-5-13(12)18;/h2-7,11H,8-10,16H2,1H3,(H,17,20);1H. The number of fused-ring (bicyclic) bond motifs is 1. The van der Waals surface area contributed by atoms with E-state index in [0.29, 0.717) is 18.5 Å². The number of rotatable bonds is 5. The van der Waals surface area contributed by atoms with E-state index in [2.05, 4.69) is 5.32 Å². The molecule has 2 rings (SSSR count). The number of amides is 1. The molecule has 0 aliphatic carbocycles. The van der Waals surface area contributed by atoms with Gasteiger partial charge in [0, 0.05) is 24.2 Å². The van der Waals surface area contributed by atoms with Crippen LogP contribution in [0.3, 0.4) is 0 Å². The maximum absolute atomic E-state index is 11.9. The molecule has 114 valence electrons. The van der Waals surface area contributed by atoms with Gasteiger partial charge in [-0.15, -0.1) is 12.4 Å². The molecule has 0 aliphatic rings. The third-order valence-corrected chi connectivity index (χ3v) is 3.25. The van der Waals surface area contributed by atoms with Crippen molar-refractivity contribution in [1.82, 2.24) is 9.88 Å². The molecule has 0 bridgehead atoms. The average molecular weight is 310 g/mol. The number of carbonyl (C=O) groups excluding carboxylic acids is 1. The van der Waals surface area contributed by atoms with Gasteiger partial charge in [0.1, 0.15) is 6.54 Å². The summed E-state index contributed by atoms with van der Waals surface area (Å²) in [4.78, 5) is 23.7. The van der Waals surface area contributed by atoms with Crippen molar-refractivity contribution in [3.63, 3.8) is 0 Å². The van der Waals surface area contributed by atoms with Crippen LogP contribution in [0, 0.1) is 5.92 Å². The number of carbonyl (C=O) groups is 1. The van der Waals surface area contributed by atoms with E-state index in [1.165, 1.54) is 6.07 Å². The highest BCUT2D eigenvalue weighted by atomic mass is 35.5. The van der Waals surface area contributed by atoms with E-state index in [1.54, 1.807) is 16.8 Å². The van der Waals surface area contributed by atoms with Gasteiger partial charge in [-0.3, -0.25) is 9.59 Å². The quantitative estimate of drug-likeness (QED) is 0.869. The van der Waals surface area contributed by atoms with E-state index in [-0.39, 0.29) is 36.2 Å². The second-order valence-electron chi connectivity index (χ2n) is 4.97. The predicted octanol–water partition coefficient (Wildman–Crippen LogP) is 1.13. The number of benzene rings is 1. The van der Waals surface area contributed by atoms with Crippen molar-refractivity contribution >= 4 is 29.2 Å². The highest BCUT2D eigenvalue weighted by molar-refractivity contribution is 5.85. The number of hydrogen-bond acceptors (Lipinski definition) is 3. The molecule has 0 saturated heterocycles. The van der Waals surface area contributed by atoms with E-state index in [1.807, 2.05) is 25.1 Å². The van der Waals surface area contributed by atoms with E-state index >= 15 is 0 Å². The first-order valence-corrected chi connectivity index (χ1v) is 6.66. The molecular formula is C15H20ClN3O2. The molecule has 0 spiro atoms. The predicted molar refractivity (Wildman–Crippen MR) is 86.7 cm³/mol. The van der Waals surface area contributed by atoms with Crippen molar-refractivity contribution in [3.05, 3.63) is 46.8 Å². The number of pyridine rings is 1. The van der Waals surface area contributed by atoms with E-state index in [9.17, 15) is 9.59 Å². The summed E-state index contributed by atoms with van der Waals surface area (Å²) < 4.78 is 1.78. The first-order chi connectivity index (χ1) is 9.61. The molecule has 6 heteroatoms. The van der Waals surface area contributed by atoms with Gasteiger partial charge in [-0.2, -0.15) is 0 Å². The van der Waals surface area contributed by atoms with Crippen molar-refractivity contribution < 1.29 is 4.79 Å². The van der Waals surface area contributed by atoms with E-state index in [0.717, 1.165) is 5.52 Å². The SMILES string of the molecule is CC(CN)CNC(=O)Cn1ccc(=O)c2ccccc21.Cl. The number of aromatic nitrogens is 1. The third kappa shape index (κ3) is 4.31. The maximum atomic E-state index is 11.9. The van der Waals surface area contributed by atoms with Crippen LogP contribution in [-0.4, -0.2) is 23.6 Å². The van der Waals surface area contributed by atoms with Crippen LogP contribution in [0.15, 0.2) is 41.3 Å². The van der Waals surface area contributed by atoms with Gasteiger partial charge in [0.05, 0.1) is 5.52 Å². The Morgan fingerprint density at radius 2 is 2.05 bits per heavy atom. The van der Waals surface area contributed by atoms with Crippen LogP contribution < -0.4 is 16.5 Å². The molecule has 3 N–H and O–H groups in total. The zero-order chi connectivity index (χ0) is 14.5. The van der Waals surface area contributed by atoms with Crippen molar-refractivity contribution in [2.24, 2.45) is 11.7 Å². The number of para-hydroxylation sites is 1. The van der Waals surface area contributed by atoms with Crippen molar-refractivity contribution in [3.8, 4) is 0 Å². The lowest BCUT2D eigenvalue weighted by molar-refractivity contribution is -0.121. The normalized spacial score (nSPS) is 11.7. The largest absolute Gasteiger partial charge is 0.354 e. The highest BCUT2D eigenvalue weighted by Gasteiger charge is 2.07. The number of hydrogen-bond donors (Lipinski definition) is 2. The zero-order valence-corrected chi connectivity index (χ0v) is 12.7. The Bertz CT molecular complexity index is 669. The molecule has 0 aliphatic heterocycles. The van der Waals surface area contributed by atoms with Crippen molar-refractivity contribution in [1.29, 1.82) is 0 Å². The number of nitrogens with zero attached hydrogens (tertiary/aromatic N) is 1. The van der Waals surface area contributed by atoms with Gasteiger partial charge < -0.3 is 15.6 Å². The van der Waals surface area contributed by atoms with E-state index < -0.39 is 0 Å². The minimum atomic E-state index is -0.0842. The maximum Gasteiger partial charge on any atom is 0.239 e. The molecule has 1 amide bonds. The van der Waals surface area contributed by atoms with Crippen LogP contribution in [0.2, 0.25) is 0 Å². The van der Waals surface area contributed by atoms with Gasteiger partial charge in [0.15, 0.2) is 5.43 Å². The van der Waals surface area contributed by atoms with Gasteiger partial charge in [-0.1, -0.05) is 19.1 Å². The van der Waals surface area contributed by atoms with Gasteiger partial charge >= 0.3 is 0 Å². The van der Waals surface area contributed by atoms with Gasteiger partial charge in [-0.05, 0) is 24.6 Å². The van der Waals surface area contributed by atoms with Crippen LogP contribution in [0.1, 0.15) is 6.92 Å². The number of nitrogens with one attached hydrogen (secondary N) is 1. The number of halogens is 1. The third-order valence-electron chi connectivity index (χ3n) is 3.25. The topological polar surface area (TPSA) is 77.1 Å². The van der Waals surface area contributed by atoms with Crippen molar-refractivity contribution in [2.45, 2.75) is 13.5 Å². The van der Waals surface area contributed by atoms with Crippen LogP contribution in [0.25, 0.3) is 10.9 Å². The fraction of sp³-hybridized carbons (Fsp3) is 0.333. The smallest absolute Gasteiger partial charge is 0.239 e. The molecule has 0 radical (unpaired) electrons. The van der Waals surface area contributed by atoms with Gasteiger partial charge in [0.25, 0.3) is 0 Å². The fourth-order valence-electron chi connectivity index (χ4n) is 1.98. The summed E-state index contributed by atoms with van der Waals surface area (Å²) >= 11 is 0. The molecule has 1 atom stereocenters. The lowest BCUT2D eigenvalue weighted by Gasteiger charge is -2.13. The highest BCUT2D eigenvalue weighted by Crippen LogP contribution is 2.09. The molecule has 2 aromatic rings. The van der Waals surface area contributed by atoms with Crippen LogP contribution in [0.4, 0.5) is 0 Å². The Labute approximate surface area is 129 Å². The second kappa shape index (κ2) is 7.81. The minimum absolute atomic E-state index is 0. The number of nitrogens with two attached hydrogens (primary N) is 1. The Balaban J connectivity index is 0.00000220. The summed E-state index contributed by atoms with van der Waals surface area (Å²) in [5.74, 6) is 0.170. The van der Waals surface area contributed by atoms with Gasteiger partial charge in [0.2, 0.25) is 5.91 Å². The summed E-state index contributed by atoms with van der Waals surface area (Å²) in [5, 5.41) is 3.47. The van der Waals surface area contributed by atoms with Gasteiger partial charge in [-0.25, -0.2) is 0 Å². The average Bonchev–Trinajstić information content (AvgIpc) is 2.48. The van der Waals surface area contributed by atoms with Crippen molar-refractivity contribution in [2.75, 3.05) is 13.1 Å². The molecular weight excluding hydrogens is 290 g/mol. The Morgan fingerprint density at radius 1 is 1.33 bits per heavy atom. The van der Waals surface area contributed by atoms with Crippen LogP contribution >= 0.6 is 12.4 Å². The first kappa shape index (κ1) is 17.2. The molecule has 1 aromatic heterocycles. The lowest BCUT2D eigenvalue weighted by Crippen LogP contribution is -2.33. The summed E-state index contributed by atoms with van der Waals surface area (Å²) in [6, 6.07) is 8.76. The molecule has 21 heavy (non-hydrogen) atoms. The molecule has 0 fully saturated rings. The molecule has 1 heterocycles. The molecule has 1 unspecified atom stereocenters. The van der Waals surface area contributed by atoms with E-state index in [4.69, 9.17) is 5.73 Å². The van der Waals surface area contributed by atoms with Crippen LogP contribution in [-0.2, 0) is 11.3 Å². The summed E-state index contributed by atoms with van der Waals surface area (Å²) in [6.45, 7) is 3.28. The zero-order valence-electron chi connectivity index (χ0n) is 11.9. The lowest BCUT2D eigenvalue weighted by atomic mass is 10.2. The second-order valence-corrected chi connectivity index (χ2v) is 4.97. The Hall–Kier alpha value is -1.85. The Morgan fingerprint density at radius 3 is 2.76 bits per heavy atom. The van der Waals surface area contributed by atoms with Crippen LogP contribution in [0.5, 0.6) is 0 Å². The Kier molecular flexibility index (Phi) is 6.39.